The lowest BCUT2D eigenvalue weighted by Gasteiger charge is -2.14. The molecular formula is C19H19FN2O4. The van der Waals surface area contributed by atoms with Gasteiger partial charge in [0, 0.05) is 19.2 Å². The number of esters is 1. The number of carbonyl (C=O) groups is 3. The molecular weight excluding hydrogens is 339 g/mol. The van der Waals surface area contributed by atoms with Crippen molar-refractivity contribution in [3.63, 3.8) is 0 Å². The molecule has 1 atom stereocenters. The van der Waals surface area contributed by atoms with Crippen LogP contribution in [0.4, 0.5) is 10.1 Å². The van der Waals surface area contributed by atoms with Crippen LogP contribution in [0.15, 0.2) is 48.5 Å². The van der Waals surface area contributed by atoms with E-state index in [9.17, 15) is 18.8 Å². The number of hydrogen-bond acceptors (Lipinski definition) is 4. The maximum atomic E-state index is 12.8. The predicted octanol–water partition coefficient (Wildman–Crippen LogP) is 2.65. The minimum absolute atomic E-state index is 0.193. The van der Waals surface area contributed by atoms with Gasteiger partial charge in [0.05, 0.1) is 5.56 Å². The number of benzene rings is 2. The van der Waals surface area contributed by atoms with E-state index in [-0.39, 0.29) is 23.8 Å². The second-order valence-corrected chi connectivity index (χ2v) is 5.65. The third kappa shape index (κ3) is 5.70. The summed E-state index contributed by atoms with van der Waals surface area (Å²) >= 11 is 0. The summed E-state index contributed by atoms with van der Waals surface area (Å²) in [5, 5.41) is 5.18. The summed E-state index contributed by atoms with van der Waals surface area (Å²) < 4.78 is 18.0. The number of carbonyl (C=O) groups excluding carboxylic acids is 3. The minimum Gasteiger partial charge on any atom is -0.449 e. The van der Waals surface area contributed by atoms with Crippen molar-refractivity contribution < 1.29 is 23.5 Å². The normalized spacial score (nSPS) is 11.3. The maximum Gasteiger partial charge on any atom is 0.338 e. The van der Waals surface area contributed by atoms with Crippen LogP contribution in [-0.2, 0) is 20.9 Å². The van der Waals surface area contributed by atoms with Gasteiger partial charge in [0.25, 0.3) is 5.91 Å². The van der Waals surface area contributed by atoms with Gasteiger partial charge >= 0.3 is 5.97 Å². The fraction of sp³-hybridized carbons (Fsp3) is 0.211. The van der Waals surface area contributed by atoms with Crippen molar-refractivity contribution in [3.8, 4) is 0 Å². The van der Waals surface area contributed by atoms with E-state index in [1.165, 1.54) is 38.1 Å². The van der Waals surface area contributed by atoms with Crippen LogP contribution in [0.5, 0.6) is 0 Å². The van der Waals surface area contributed by atoms with Gasteiger partial charge < -0.3 is 15.4 Å². The highest BCUT2D eigenvalue weighted by Gasteiger charge is 2.19. The summed E-state index contributed by atoms with van der Waals surface area (Å²) in [6.45, 7) is 3.01. The first-order valence-corrected chi connectivity index (χ1v) is 7.96. The van der Waals surface area contributed by atoms with Crippen LogP contribution in [0.1, 0.15) is 29.8 Å². The van der Waals surface area contributed by atoms with Crippen LogP contribution < -0.4 is 10.6 Å². The molecule has 0 aliphatic carbocycles. The van der Waals surface area contributed by atoms with Gasteiger partial charge in [-0.25, -0.2) is 9.18 Å². The zero-order valence-corrected chi connectivity index (χ0v) is 14.4. The van der Waals surface area contributed by atoms with Gasteiger partial charge in [-0.2, -0.15) is 0 Å². The van der Waals surface area contributed by atoms with Gasteiger partial charge in [0.1, 0.15) is 5.82 Å². The molecule has 2 aromatic carbocycles. The summed E-state index contributed by atoms with van der Waals surface area (Å²) in [7, 11) is 0. The van der Waals surface area contributed by atoms with E-state index in [1.54, 1.807) is 24.3 Å². The van der Waals surface area contributed by atoms with E-state index in [1.807, 2.05) is 0 Å². The predicted molar refractivity (Wildman–Crippen MR) is 93.9 cm³/mol. The Labute approximate surface area is 150 Å². The van der Waals surface area contributed by atoms with Gasteiger partial charge in [-0.15, -0.1) is 0 Å². The van der Waals surface area contributed by atoms with Crippen molar-refractivity contribution in [2.24, 2.45) is 0 Å². The number of hydrogen-bond donors (Lipinski definition) is 2. The monoisotopic (exact) mass is 358 g/mol. The van der Waals surface area contributed by atoms with E-state index in [4.69, 9.17) is 4.74 Å². The quantitative estimate of drug-likeness (QED) is 0.778. The highest BCUT2D eigenvalue weighted by atomic mass is 19.1. The van der Waals surface area contributed by atoms with Gasteiger partial charge in [-0.05, 0) is 42.8 Å². The average molecular weight is 358 g/mol. The van der Waals surface area contributed by atoms with Crippen LogP contribution in [0.25, 0.3) is 0 Å². The first-order valence-electron chi connectivity index (χ1n) is 7.96. The summed E-state index contributed by atoms with van der Waals surface area (Å²) in [5.74, 6) is -1.77. The van der Waals surface area contributed by atoms with Crippen molar-refractivity contribution in [3.05, 3.63) is 65.5 Å². The van der Waals surface area contributed by atoms with Crippen LogP contribution in [0.2, 0.25) is 0 Å². The van der Waals surface area contributed by atoms with E-state index in [0.29, 0.717) is 5.69 Å². The number of rotatable bonds is 6. The molecule has 0 fully saturated rings. The lowest BCUT2D eigenvalue weighted by atomic mass is 10.2. The lowest BCUT2D eigenvalue weighted by Crippen LogP contribution is -2.35. The molecule has 0 aliphatic heterocycles. The van der Waals surface area contributed by atoms with Gasteiger partial charge in [-0.3, -0.25) is 9.59 Å². The van der Waals surface area contributed by atoms with E-state index in [0.717, 1.165) is 5.56 Å². The molecule has 26 heavy (non-hydrogen) atoms. The molecule has 2 N–H and O–H groups in total. The molecule has 0 spiro atoms. The van der Waals surface area contributed by atoms with Crippen molar-refractivity contribution in [2.45, 2.75) is 26.5 Å². The zero-order valence-electron chi connectivity index (χ0n) is 14.4. The molecule has 136 valence electrons. The Hall–Kier alpha value is -3.22. The van der Waals surface area contributed by atoms with Crippen LogP contribution >= 0.6 is 0 Å². The smallest absolute Gasteiger partial charge is 0.338 e. The molecule has 0 aromatic heterocycles. The Balaban J connectivity index is 1.90. The molecule has 0 aliphatic rings. The summed E-state index contributed by atoms with van der Waals surface area (Å²) in [5.41, 5.74) is 1.40. The maximum absolute atomic E-state index is 12.8. The number of halogens is 1. The number of anilines is 1. The molecule has 2 rings (SSSR count). The first kappa shape index (κ1) is 19.1. The van der Waals surface area contributed by atoms with Gasteiger partial charge in [-0.1, -0.05) is 18.2 Å². The topological polar surface area (TPSA) is 84.5 Å². The standard InChI is InChI=1S/C19H19FN2O4/c1-12(18(24)21-11-14-6-8-16(20)9-7-14)26-19(25)15-4-3-5-17(10-15)22-13(2)23/h3-10,12H,11H2,1-2H3,(H,21,24)(H,22,23)/t12-/m0/s1. The second kappa shape index (κ2) is 8.75. The van der Waals surface area contributed by atoms with E-state index in [2.05, 4.69) is 10.6 Å². The lowest BCUT2D eigenvalue weighted by molar-refractivity contribution is -0.129. The number of amides is 2. The molecule has 0 heterocycles. The molecule has 2 amide bonds. The van der Waals surface area contributed by atoms with Crippen molar-refractivity contribution in [1.29, 1.82) is 0 Å². The fourth-order valence-corrected chi connectivity index (χ4v) is 2.14. The molecule has 0 saturated heterocycles. The Bertz CT molecular complexity index is 805. The third-order valence-corrected chi connectivity index (χ3v) is 3.45. The SMILES string of the molecule is CC(=O)Nc1cccc(C(=O)O[C@@H](C)C(=O)NCc2ccc(F)cc2)c1. The fourth-order valence-electron chi connectivity index (χ4n) is 2.14. The van der Waals surface area contributed by atoms with Crippen LogP contribution in [-0.4, -0.2) is 23.9 Å². The molecule has 6 nitrogen and oxygen atoms in total. The molecule has 2 aromatic rings. The highest BCUT2D eigenvalue weighted by Crippen LogP contribution is 2.12. The van der Waals surface area contributed by atoms with Crippen LogP contribution in [0, 0.1) is 5.82 Å². The molecule has 7 heteroatoms. The summed E-state index contributed by atoms with van der Waals surface area (Å²) in [6, 6.07) is 11.9. The Morgan fingerprint density at radius 2 is 1.81 bits per heavy atom. The number of nitrogens with one attached hydrogen (secondary N) is 2. The zero-order chi connectivity index (χ0) is 19.1. The van der Waals surface area contributed by atoms with Crippen LogP contribution in [0.3, 0.4) is 0 Å². The first-order chi connectivity index (χ1) is 12.3. The molecule has 0 saturated carbocycles. The minimum atomic E-state index is -1.01. The van der Waals surface area contributed by atoms with E-state index >= 15 is 0 Å². The third-order valence-electron chi connectivity index (χ3n) is 3.45. The van der Waals surface area contributed by atoms with Crippen molar-refractivity contribution >= 4 is 23.5 Å². The highest BCUT2D eigenvalue weighted by molar-refractivity contribution is 5.95. The van der Waals surface area contributed by atoms with E-state index < -0.39 is 18.0 Å². The van der Waals surface area contributed by atoms with Crippen molar-refractivity contribution in [1.82, 2.24) is 5.32 Å². The average Bonchev–Trinajstić information content (AvgIpc) is 2.60. The number of ether oxygens (including phenoxy) is 1. The molecule has 0 bridgehead atoms. The molecule has 0 unspecified atom stereocenters. The Morgan fingerprint density at radius 3 is 2.46 bits per heavy atom. The van der Waals surface area contributed by atoms with Crippen molar-refractivity contribution in [2.75, 3.05) is 5.32 Å². The largest absolute Gasteiger partial charge is 0.449 e. The molecule has 0 radical (unpaired) electrons. The summed E-state index contributed by atoms with van der Waals surface area (Å²) in [4.78, 5) is 35.3. The second-order valence-electron chi connectivity index (χ2n) is 5.65. The van der Waals surface area contributed by atoms with Gasteiger partial charge in [0.2, 0.25) is 5.91 Å². The Morgan fingerprint density at radius 1 is 1.12 bits per heavy atom. The Kier molecular flexibility index (Phi) is 6.43. The summed E-state index contributed by atoms with van der Waals surface area (Å²) in [6.07, 6.45) is -1.01. The van der Waals surface area contributed by atoms with Gasteiger partial charge in [0.15, 0.2) is 6.10 Å².